The van der Waals surface area contributed by atoms with Crippen LogP contribution >= 0.6 is 0 Å². The Kier molecular flexibility index (Phi) is 6.17. The first-order valence-electron chi connectivity index (χ1n) is 16.3. The van der Waals surface area contributed by atoms with Crippen LogP contribution in [0.4, 0.5) is 0 Å². The Morgan fingerprint density at radius 3 is 2.49 bits per heavy atom. The molecule has 4 aliphatic carbocycles. The molecule has 4 aliphatic heterocycles. The number of fused-ring (bicyclic) bond motifs is 5. The van der Waals surface area contributed by atoms with Crippen molar-refractivity contribution in [2.24, 2.45) is 23.2 Å². The van der Waals surface area contributed by atoms with Crippen molar-refractivity contribution in [3.05, 3.63) is 41.5 Å². The maximum atomic E-state index is 14.0. The molecule has 4 saturated heterocycles. The van der Waals surface area contributed by atoms with Gasteiger partial charge in [-0.15, -0.1) is 0 Å². The maximum Gasteiger partial charge on any atom is 0.327 e. The third-order valence-corrected chi connectivity index (χ3v) is 11.2. The van der Waals surface area contributed by atoms with Gasteiger partial charge in [-0.05, 0) is 62.0 Å². The lowest BCUT2D eigenvalue weighted by molar-refractivity contribution is -0.235. The van der Waals surface area contributed by atoms with Crippen molar-refractivity contribution in [2.45, 2.75) is 106 Å². The second-order valence-corrected chi connectivity index (χ2v) is 14.0. The summed E-state index contributed by atoms with van der Waals surface area (Å²) in [6, 6.07) is 7.33. The first kappa shape index (κ1) is 27.0. The highest BCUT2D eigenvalue weighted by molar-refractivity contribution is 5.93. The number of nitrogens with zero attached hydrogens (tertiary/aromatic N) is 1. The van der Waals surface area contributed by atoms with E-state index in [1.165, 1.54) is 6.42 Å². The van der Waals surface area contributed by atoms with Crippen molar-refractivity contribution in [3.63, 3.8) is 0 Å². The van der Waals surface area contributed by atoms with Gasteiger partial charge in [-0.3, -0.25) is 14.4 Å². The molecule has 43 heavy (non-hydrogen) atoms. The van der Waals surface area contributed by atoms with Gasteiger partial charge in [0.1, 0.15) is 29.8 Å². The van der Waals surface area contributed by atoms with Crippen LogP contribution in [-0.2, 0) is 39.9 Å². The molecule has 1 aromatic carbocycles. The Morgan fingerprint density at radius 1 is 1.00 bits per heavy atom. The number of hydrogen-bond donors (Lipinski definition) is 2. The summed E-state index contributed by atoms with van der Waals surface area (Å²) in [7, 11) is 0. The standard InChI is InChI=1S/C33H40N2O8/c36-14-13-34-31(38)32-16-25-26-27(42-33(41-26,21-8-9-21)22-10-11-22)29(32)43-35(28(32)30(37)40-25)17-20-5-2-18(3-6-20)1-4-19-7-12-23-24(15-19)39-23/h1-6,19,21-29,36H,7-17H2,(H,34,38). The van der Waals surface area contributed by atoms with Crippen LogP contribution in [0.15, 0.2) is 30.3 Å². The van der Waals surface area contributed by atoms with Crippen LogP contribution < -0.4 is 5.32 Å². The third-order valence-electron chi connectivity index (χ3n) is 11.2. The Bertz CT molecular complexity index is 1310. The quantitative estimate of drug-likeness (QED) is 0.329. The van der Waals surface area contributed by atoms with E-state index in [1.54, 1.807) is 5.06 Å². The van der Waals surface area contributed by atoms with E-state index in [2.05, 4.69) is 29.6 Å². The summed E-state index contributed by atoms with van der Waals surface area (Å²) in [6.45, 7) is 0.227. The van der Waals surface area contributed by atoms with E-state index < -0.39 is 47.6 Å². The molecule has 8 fully saturated rings. The van der Waals surface area contributed by atoms with E-state index in [1.807, 2.05) is 12.1 Å². The zero-order chi connectivity index (χ0) is 28.9. The number of esters is 1. The van der Waals surface area contributed by atoms with Crippen molar-refractivity contribution >= 4 is 18.0 Å². The minimum Gasteiger partial charge on any atom is -0.458 e. The molecule has 2 bridgehead atoms. The molecule has 0 spiro atoms. The summed E-state index contributed by atoms with van der Waals surface area (Å²) in [5.41, 5.74) is 0.888. The average Bonchev–Trinajstić information content (AvgIpc) is 3.90. The zero-order valence-corrected chi connectivity index (χ0v) is 24.3. The lowest BCUT2D eigenvalue weighted by Gasteiger charge is -2.48. The molecule has 10 nitrogen and oxygen atoms in total. The number of aliphatic hydroxyl groups excluding tert-OH is 1. The molecule has 230 valence electrons. The van der Waals surface area contributed by atoms with Crippen LogP contribution in [-0.4, -0.2) is 83.7 Å². The van der Waals surface area contributed by atoms with Crippen molar-refractivity contribution in [3.8, 4) is 0 Å². The normalized spacial score (nSPS) is 42.4. The van der Waals surface area contributed by atoms with E-state index in [0.717, 1.165) is 49.7 Å². The summed E-state index contributed by atoms with van der Waals surface area (Å²) < 4.78 is 25.3. The lowest BCUT2D eigenvalue weighted by Crippen LogP contribution is -2.69. The summed E-state index contributed by atoms with van der Waals surface area (Å²) >= 11 is 0. The van der Waals surface area contributed by atoms with Gasteiger partial charge in [0, 0.05) is 24.8 Å². The number of carbonyl (C=O) groups is 2. The summed E-state index contributed by atoms with van der Waals surface area (Å²) in [4.78, 5) is 34.3. The summed E-state index contributed by atoms with van der Waals surface area (Å²) in [5.74, 6) is -0.226. The number of carbonyl (C=O) groups excluding carboxylic acids is 2. The van der Waals surface area contributed by atoms with Gasteiger partial charge in [-0.2, -0.15) is 5.06 Å². The lowest BCUT2D eigenvalue weighted by atomic mass is 9.62. The Hall–Kier alpha value is -2.34. The second kappa shape index (κ2) is 9.83. The fraction of sp³-hybridized carbons (Fsp3) is 0.697. The molecular formula is C33H40N2O8. The van der Waals surface area contributed by atoms with Crippen LogP contribution in [0.1, 0.15) is 62.5 Å². The predicted molar refractivity (Wildman–Crippen MR) is 151 cm³/mol. The molecule has 2 N–H and O–H groups in total. The van der Waals surface area contributed by atoms with Gasteiger partial charge >= 0.3 is 5.97 Å². The largest absolute Gasteiger partial charge is 0.458 e. The van der Waals surface area contributed by atoms with Crippen LogP contribution in [0.3, 0.4) is 0 Å². The van der Waals surface area contributed by atoms with Gasteiger partial charge in [0.2, 0.25) is 5.91 Å². The first-order valence-corrected chi connectivity index (χ1v) is 16.3. The molecule has 9 unspecified atom stereocenters. The van der Waals surface area contributed by atoms with E-state index in [9.17, 15) is 14.7 Å². The van der Waals surface area contributed by atoms with Crippen molar-refractivity contribution in [2.75, 3.05) is 13.2 Å². The number of aliphatic hydroxyl groups is 1. The number of benzene rings is 1. The van der Waals surface area contributed by atoms with Crippen molar-refractivity contribution < 1.29 is 38.5 Å². The molecule has 4 saturated carbocycles. The summed E-state index contributed by atoms with van der Waals surface area (Å²) in [6.07, 6.45) is 11.1. The molecule has 1 aromatic rings. The van der Waals surface area contributed by atoms with Gasteiger partial charge in [-0.25, -0.2) is 0 Å². The molecule has 1 amide bonds. The highest BCUT2D eigenvalue weighted by Crippen LogP contribution is 2.63. The molecule has 9 atom stereocenters. The van der Waals surface area contributed by atoms with E-state index in [-0.39, 0.29) is 19.1 Å². The molecule has 9 rings (SSSR count). The molecule has 0 aromatic heterocycles. The smallest absolute Gasteiger partial charge is 0.327 e. The monoisotopic (exact) mass is 592 g/mol. The van der Waals surface area contributed by atoms with Crippen molar-refractivity contribution in [1.29, 1.82) is 0 Å². The van der Waals surface area contributed by atoms with Gasteiger partial charge < -0.3 is 29.4 Å². The molecular weight excluding hydrogens is 552 g/mol. The average molecular weight is 593 g/mol. The molecule has 4 heterocycles. The van der Waals surface area contributed by atoms with Crippen LogP contribution in [0.5, 0.6) is 0 Å². The Morgan fingerprint density at radius 2 is 1.77 bits per heavy atom. The number of rotatable bonds is 9. The van der Waals surface area contributed by atoms with E-state index >= 15 is 0 Å². The Balaban J connectivity index is 0.986. The van der Waals surface area contributed by atoms with E-state index in [0.29, 0.717) is 42.9 Å². The number of amides is 1. The molecule has 8 aliphatic rings. The number of nitrogens with one attached hydrogen (secondary N) is 1. The third kappa shape index (κ3) is 4.28. The number of ether oxygens (including phenoxy) is 4. The van der Waals surface area contributed by atoms with E-state index in [4.69, 9.17) is 23.8 Å². The summed E-state index contributed by atoms with van der Waals surface area (Å²) in [5, 5.41) is 14.0. The second-order valence-electron chi connectivity index (χ2n) is 14.0. The molecule has 10 heteroatoms. The van der Waals surface area contributed by atoms with Gasteiger partial charge in [0.25, 0.3) is 0 Å². The van der Waals surface area contributed by atoms with Crippen molar-refractivity contribution in [1.82, 2.24) is 10.4 Å². The highest BCUT2D eigenvalue weighted by Gasteiger charge is 2.78. The van der Waals surface area contributed by atoms with Crippen LogP contribution in [0.25, 0.3) is 6.08 Å². The molecule has 0 radical (unpaired) electrons. The zero-order valence-electron chi connectivity index (χ0n) is 24.3. The SMILES string of the molecule is O=C1OC2CC3(C(=O)NCCO)C(ON(Cc4ccc(C=CC5CCC6OC6C5)cc4)C13)C1OC(C3CC3)(C3CC3)OC21. The van der Waals surface area contributed by atoms with Gasteiger partial charge in [-0.1, -0.05) is 36.4 Å². The highest BCUT2D eigenvalue weighted by atomic mass is 16.8. The fourth-order valence-electron chi connectivity index (χ4n) is 8.77. The number of allylic oxidation sites excluding steroid dienone is 1. The number of hydroxylamine groups is 2. The predicted octanol–water partition coefficient (Wildman–Crippen LogP) is 2.48. The number of hydrogen-bond acceptors (Lipinski definition) is 9. The minimum atomic E-state index is -1.20. The first-order chi connectivity index (χ1) is 21.0. The van der Waals surface area contributed by atoms with Gasteiger partial charge in [0.15, 0.2) is 11.8 Å². The van der Waals surface area contributed by atoms with Crippen LogP contribution in [0.2, 0.25) is 0 Å². The minimum absolute atomic E-state index is 0.101. The van der Waals surface area contributed by atoms with Crippen LogP contribution in [0, 0.1) is 23.2 Å². The topological polar surface area (TPSA) is 119 Å². The maximum absolute atomic E-state index is 14.0. The fourth-order valence-corrected chi connectivity index (χ4v) is 8.77. The number of epoxide rings is 1. The van der Waals surface area contributed by atoms with Gasteiger partial charge in [0.05, 0.1) is 25.4 Å². The Labute approximate surface area is 250 Å².